The van der Waals surface area contributed by atoms with E-state index < -0.39 is 0 Å². The predicted molar refractivity (Wildman–Crippen MR) is 87.1 cm³/mol. The highest BCUT2D eigenvalue weighted by molar-refractivity contribution is 5.96. The molecule has 1 heterocycles. The lowest BCUT2D eigenvalue weighted by molar-refractivity contribution is 0.0950. The lowest BCUT2D eigenvalue weighted by Gasteiger charge is -2.30. The van der Waals surface area contributed by atoms with Gasteiger partial charge in [-0.3, -0.25) is 4.79 Å². The van der Waals surface area contributed by atoms with E-state index >= 15 is 0 Å². The average Bonchev–Trinajstić information content (AvgIpc) is 2.44. The first kappa shape index (κ1) is 15.6. The number of likely N-dealkylation sites (tertiary alicyclic amines) is 1. The number of nitrogens with one attached hydrogen (secondary N) is 1. The van der Waals surface area contributed by atoms with Crippen molar-refractivity contribution in [3.05, 3.63) is 23.8 Å². The summed E-state index contributed by atoms with van der Waals surface area (Å²) in [5.74, 6) is 0.746. The number of nitrogens with zero attached hydrogens (tertiary/aromatic N) is 1. The Bertz CT molecular complexity index is 461. The molecule has 0 aliphatic carbocycles. The molecule has 116 valence electrons. The quantitative estimate of drug-likeness (QED) is 0.569. The Morgan fingerprint density at radius 1 is 1.24 bits per heavy atom. The summed E-state index contributed by atoms with van der Waals surface area (Å²) < 4.78 is 0. The third-order valence-corrected chi connectivity index (χ3v) is 4.05. The molecule has 1 aromatic carbocycles. The summed E-state index contributed by atoms with van der Waals surface area (Å²) in [7, 11) is 0. The van der Waals surface area contributed by atoms with Crippen LogP contribution >= 0.6 is 0 Å². The summed E-state index contributed by atoms with van der Waals surface area (Å²) in [5, 5.41) is 2.93. The Kier molecular flexibility index (Phi) is 5.44. The van der Waals surface area contributed by atoms with Gasteiger partial charge in [0.15, 0.2) is 0 Å². The normalized spacial score (nSPS) is 16.8. The number of benzene rings is 1. The number of nitrogens with two attached hydrogens (primary N) is 2. The van der Waals surface area contributed by atoms with Gasteiger partial charge in [0.05, 0.1) is 0 Å². The highest BCUT2D eigenvalue weighted by atomic mass is 16.1. The van der Waals surface area contributed by atoms with Crippen LogP contribution in [-0.2, 0) is 0 Å². The molecule has 1 saturated heterocycles. The molecule has 1 aromatic rings. The number of rotatable bonds is 5. The molecule has 1 amide bonds. The van der Waals surface area contributed by atoms with Crippen LogP contribution < -0.4 is 16.8 Å². The molecule has 5 heteroatoms. The van der Waals surface area contributed by atoms with Crippen LogP contribution in [-0.4, -0.2) is 37.0 Å². The van der Waals surface area contributed by atoms with Gasteiger partial charge in [0.1, 0.15) is 0 Å². The van der Waals surface area contributed by atoms with Gasteiger partial charge in [0.2, 0.25) is 0 Å². The smallest absolute Gasteiger partial charge is 0.251 e. The molecule has 5 nitrogen and oxygen atoms in total. The molecule has 1 aliphatic rings. The summed E-state index contributed by atoms with van der Waals surface area (Å²) in [6.07, 6.45) is 3.54. The maximum absolute atomic E-state index is 12.0. The lowest BCUT2D eigenvalue weighted by Crippen LogP contribution is -2.35. The van der Waals surface area contributed by atoms with Crippen LogP contribution in [0.2, 0.25) is 0 Å². The van der Waals surface area contributed by atoms with Crippen molar-refractivity contribution in [3.63, 3.8) is 0 Å². The van der Waals surface area contributed by atoms with E-state index in [0.717, 1.165) is 18.9 Å². The molecule has 0 saturated carbocycles. The molecular formula is C16H26N4O. The molecule has 0 atom stereocenters. The number of nitrogen functional groups attached to an aromatic ring is 2. The molecule has 0 bridgehead atoms. The van der Waals surface area contributed by atoms with E-state index in [2.05, 4.69) is 17.1 Å². The number of carbonyl (C=O) groups is 1. The minimum Gasteiger partial charge on any atom is -0.399 e. The number of hydrogen-bond donors (Lipinski definition) is 3. The van der Waals surface area contributed by atoms with E-state index in [-0.39, 0.29) is 5.91 Å². The van der Waals surface area contributed by atoms with Crippen molar-refractivity contribution in [3.8, 4) is 0 Å². The number of piperidine rings is 1. The van der Waals surface area contributed by atoms with Crippen LogP contribution in [0.3, 0.4) is 0 Å². The van der Waals surface area contributed by atoms with E-state index in [1.54, 1.807) is 18.2 Å². The van der Waals surface area contributed by atoms with Gasteiger partial charge in [-0.05, 0) is 63.0 Å². The van der Waals surface area contributed by atoms with E-state index in [9.17, 15) is 4.79 Å². The first-order chi connectivity index (χ1) is 10.0. The molecule has 2 rings (SSSR count). The summed E-state index contributed by atoms with van der Waals surface area (Å²) in [6.45, 7) is 6.40. The third-order valence-electron chi connectivity index (χ3n) is 4.05. The molecule has 0 aromatic heterocycles. The van der Waals surface area contributed by atoms with E-state index in [4.69, 9.17) is 11.5 Å². The van der Waals surface area contributed by atoms with Crippen molar-refractivity contribution in [1.29, 1.82) is 0 Å². The first-order valence-electron chi connectivity index (χ1n) is 7.71. The minimum absolute atomic E-state index is 0.110. The zero-order valence-electron chi connectivity index (χ0n) is 12.8. The zero-order chi connectivity index (χ0) is 15.2. The van der Waals surface area contributed by atoms with Crippen molar-refractivity contribution in [2.45, 2.75) is 26.2 Å². The second-order valence-electron chi connectivity index (χ2n) is 6.02. The highest BCUT2D eigenvalue weighted by Crippen LogP contribution is 2.16. The summed E-state index contributed by atoms with van der Waals surface area (Å²) in [6, 6.07) is 4.95. The molecule has 0 radical (unpaired) electrons. The predicted octanol–water partition coefficient (Wildman–Crippen LogP) is 1.70. The van der Waals surface area contributed by atoms with Crippen molar-refractivity contribution in [2.75, 3.05) is 37.6 Å². The highest BCUT2D eigenvalue weighted by Gasteiger charge is 2.15. The maximum atomic E-state index is 12.0. The first-order valence-corrected chi connectivity index (χ1v) is 7.71. The van der Waals surface area contributed by atoms with E-state index in [1.165, 1.54) is 25.9 Å². The standard InChI is InChI=1S/C16H26N4O/c1-12-3-7-20(8-4-12)6-2-5-19-16(21)13-9-14(17)11-15(18)10-13/h9-12H,2-8,17-18H2,1H3,(H,19,21). The van der Waals surface area contributed by atoms with Crippen molar-refractivity contribution in [1.82, 2.24) is 10.2 Å². The Morgan fingerprint density at radius 3 is 2.48 bits per heavy atom. The topological polar surface area (TPSA) is 84.4 Å². The number of carbonyl (C=O) groups excluding carboxylic acids is 1. The fourth-order valence-electron chi connectivity index (χ4n) is 2.70. The van der Waals surface area contributed by atoms with Crippen LogP contribution in [0.1, 0.15) is 36.5 Å². The summed E-state index contributed by atoms with van der Waals surface area (Å²) >= 11 is 0. The van der Waals surface area contributed by atoms with Gasteiger partial charge in [-0.1, -0.05) is 6.92 Å². The Hall–Kier alpha value is -1.75. The molecule has 21 heavy (non-hydrogen) atoms. The monoisotopic (exact) mass is 290 g/mol. The minimum atomic E-state index is -0.110. The van der Waals surface area contributed by atoms with Gasteiger partial charge in [0, 0.05) is 23.5 Å². The molecule has 0 spiro atoms. The second-order valence-corrected chi connectivity index (χ2v) is 6.02. The van der Waals surface area contributed by atoms with Gasteiger partial charge in [-0.15, -0.1) is 0 Å². The van der Waals surface area contributed by atoms with Crippen molar-refractivity contribution < 1.29 is 4.79 Å². The molecule has 0 unspecified atom stereocenters. The summed E-state index contributed by atoms with van der Waals surface area (Å²) in [4.78, 5) is 14.5. The van der Waals surface area contributed by atoms with E-state index in [0.29, 0.717) is 23.5 Å². The van der Waals surface area contributed by atoms with Gasteiger partial charge in [-0.2, -0.15) is 0 Å². The molecule has 1 aliphatic heterocycles. The zero-order valence-corrected chi connectivity index (χ0v) is 12.8. The Labute approximate surface area is 126 Å². The maximum Gasteiger partial charge on any atom is 0.251 e. The van der Waals surface area contributed by atoms with Gasteiger partial charge < -0.3 is 21.7 Å². The van der Waals surface area contributed by atoms with Crippen LogP contribution in [0.25, 0.3) is 0 Å². The van der Waals surface area contributed by atoms with E-state index in [1.807, 2.05) is 0 Å². The van der Waals surface area contributed by atoms with Gasteiger partial charge in [0.25, 0.3) is 5.91 Å². The molecule has 5 N–H and O–H groups in total. The van der Waals surface area contributed by atoms with Crippen LogP contribution in [0, 0.1) is 5.92 Å². The SMILES string of the molecule is CC1CCN(CCCNC(=O)c2cc(N)cc(N)c2)CC1. The Morgan fingerprint density at radius 2 is 1.86 bits per heavy atom. The van der Waals surface area contributed by atoms with Gasteiger partial charge >= 0.3 is 0 Å². The number of anilines is 2. The van der Waals surface area contributed by atoms with Crippen molar-refractivity contribution >= 4 is 17.3 Å². The average molecular weight is 290 g/mol. The largest absolute Gasteiger partial charge is 0.399 e. The van der Waals surface area contributed by atoms with Crippen LogP contribution in [0.5, 0.6) is 0 Å². The fraction of sp³-hybridized carbons (Fsp3) is 0.562. The summed E-state index contributed by atoms with van der Waals surface area (Å²) in [5.41, 5.74) is 12.9. The second kappa shape index (κ2) is 7.31. The van der Waals surface area contributed by atoms with Crippen LogP contribution in [0.15, 0.2) is 18.2 Å². The number of hydrogen-bond acceptors (Lipinski definition) is 4. The lowest BCUT2D eigenvalue weighted by atomic mass is 9.99. The third kappa shape index (κ3) is 4.93. The van der Waals surface area contributed by atoms with Crippen molar-refractivity contribution in [2.24, 2.45) is 5.92 Å². The molecular weight excluding hydrogens is 264 g/mol. The molecule has 1 fully saturated rings. The van der Waals surface area contributed by atoms with Gasteiger partial charge in [-0.25, -0.2) is 0 Å². The number of amides is 1. The fourth-order valence-corrected chi connectivity index (χ4v) is 2.70. The van der Waals surface area contributed by atoms with Crippen LogP contribution in [0.4, 0.5) is 11.4 Å². The Balaban J connectivity index is 1.69.